The second-order valence-electron chi connectivity index (χ2n) is 3.96. The van der Waals surface area contributed by atoms with E-state index in [4.69, 9.17) is 10.5 Å². The third-order valence-electron chi connectivity index (χ3n) is 2.37. The van der Waals surface area contributed by atoms with Gasteiger partial charge in [-0.15, -0.1) is 0 Å². The number of ether oxygens (including phenoxy) is 1. The molecule has 0 saturated heterocycles. The molecule has 4 N–H and O–H groups in total. The van der Waals surface area contributed by atoms with Crippen molar-refractivity contribution in [2.45, 2.75) is 38.3 Å². The van der Waals surface area contributed by atoms with Crippen molar-refractivity contribution in [1.82, 2.24) is 5.32 Å². The average Bonchev–Trinajstić information content (AvgIpc) is 2.22. The normalized spacial score (nSPS) is 16.9. The number of carbonyl (C=O) groups is 1. The van der Waals surface area contributed by atoms with Crippen LogP contribution in [0.4, 0.5) is 0 Å². The molecule has 0 aromatic rings. The van der Waals surface area contributed by atoms with Gasteiger partial charge in [-0.2, -0.15) is 0 Å². The van der Waals surface area contributed by atoms with Gasteiger partial charge in [0, 0.05) is 20.3 Å². The Morgan fingerprint density at radius 3 is 2.73 bits per heavy atom. The van der Waals surface area contributed by atoms with Crippen molar-refractivity contribution in [1.29, 1.82) is 0 Å². The van der Waals surface area contributed by atoms with Gasteiger partial charge in [0.1, 0.15) is 0 Å². The summed E-state index contributed by atoms with van der Waals surface area (Å²) < 4.78 is 4.82. The maximum atomic E-state index is 11.4. The van der Waals surface area contributed by atoms with E-state index >= 15 is 0 Å². The van der Waals surface area contributed by atoms with Gasteiger partial charge in [0.2, 0.25) is 5.91 Å². The highest BCUT2D eigenvalue weighted by Crippen LogP contribution is 2.05. The Morgan fingerprint density at radius 1 is 1.67 bits per heavy atom. The molecule has 0 aromatic carbocycles. The second kappa shape index (κ2) is 6.76. The van der Waals surface area contributed by atoms with E-state index in [1.54, 1.807) is 14.0 Å². The molecule has 0 heterocycles. The predicted octanol–water partition coefficient (Wildman–Crippen LogP) is -0.373. The molecule has 0 aromatic heterocycles. The lowest BCUT2D eigenvalue weighted by Crippen LogP contribution is -2.47. The molecule has 0 aliphatic heterocycles. The van der Waals surface area contributed by atoms with Crippen LogP contribution in [0.3, 0.4) is 0 Å². The fourth-order valence-corrected chi connectivity index (χ4v) is 0.910. The van der Waals surface area contributed by atoms with Crippen LogP contribution in [0.5, 0.6) is 0 Å². The maximum Gasteiger partial charge on any atom is 0.237 e. The van der Waals surface area contributed by atoms with E-state index in [9.17, 15) is 9.90 Å². The minimum Gasteiger partial charge on any atom is -0.388 e. The number of amides is 1. The van der Waals surface area contributed by atoms with Crippen molar-refractivity contribution in [2.24, 2.45) is 5.73 Å². The van der Waals surface area contributed by atoms with E-state index in [-0.39, 0.29) is 12.5 Å². The molecule has 0 fully saturated rings. The van der Waals surface area contributed by atoms with Gasteiger partial charge < -0.3 is 20.9 Å². The molecule has 5 heteroatoms. The van der Waals surface area contributed by atoms with Crippen molar-refractivity contribution in [3.05, 3.63) is 0 Å². The van der Waals surface area contributed by atoms with Crippen LogP contribution in [0.2, 0.25) is 0 Å². The van der Waals surface area contributed by atoms with Crippen molar-refractivity contribution in [3.63, 3.8) is 0 Å². The van der Waals surface area contributed by atoms with Crippen molar-refractivity contribution in [3.8, 4) is 0 Å². The van der Waals surface area contributed by atoms with E-state index in [0.29, 0.717) is 19.4 Å². The third-order valence-corrected chi connectivity index (χ3v) is 2.37. The lowest BCUT2D eigenvalue weighted by atomic mass is 10.0. The number of methoxy groups -OCH3 is 1. The zero-order chi connectivity index (χ0) is 11.9. The van der Waals surface area contributed by atoms with Crippen LogP contribution in [0.1, 0.15) is 26.7 Å². The van der Waals surface area contributed by atoms with Crippen LogP contribution in [0.25, 0.3) is 0 Å². The topological polar surface area (TPSA) is 84.6 Å². The molecule has 0 saturated carbocycles. The second-order valence-corrected chi connectivity index (χ2v) is 3.96. The number of nitrogens with one attached hydrogen (secondary N) is 1. The van der Waals surface area contributed by atoms with Crippen LogP contribution in [0.15, 0.2) is 0 Å². The van der Waals surface area contributed by atoms with E-state index in [1.165, 1.54) is 0 Å². The summed E-state index contributed by atoms with van der Waals surface area (Å²) in [7, 11) is 1.56. The molecule has 0 aliphatic carbocycles. The molecule has 0 spiro atoms. The lowest BCUT2D eigenvalue weighted by molar-refractivity contribution is -0.123. The lowest BCUT2D eigenvalue weighted by Gasteiger charge is -2.22. The minimum absolute atomic E-state index is 0.225. The molecule has 90 valence electrons. The molecule has 2 atom stereocenters. The van der Waals surface area contributed by atoms with Gasteiger partial charge in [0.05, 0.1) is 11.6 Å². The number of nitrogens with two attached hydrogens (primary N) is 1. The van der Waals surface area contributed by atoms with Crippen molar-refractivity contribution < 1.29 is 14.6 Å². The average molecular weight is 218 g/mol. The van der Waals surface area contributed by atoms with Gasteiger partial charge >= 0.3 is 0 Å². The quantitative estimate of drug-likeness (QED) is 0.544. The Hall–Kier alpha value is -0.650. The first-order valence-electron chi connectivity index (χ1n) is 5.17. The monoisotopic (exact) mass is 218 g/mol. The smallest absolute Gasteiger partial charge is 0.237 e. The largest absolute Gasteiger partial charge is 0.388 e. The summed E-state index contributed by atoms with van der Waals surface area (Å²) in [5.74, 6) is -0.249. The Balaban J connectivity index is 3.82. The Bertz CT molecular complexity index is 195. The van der Waals surface area contributed by atoms with Crippen molar-refractivity contribution >= 4 is 5.91 Å². The highest BCUT2D eigenvalue weighted by Gasteiger charge is 2.20. The first-order valence-corrected chi connectivity index (χ1v) is 5.17. The van der Waals surface area contributed by atoms with Crippen LogP contribution in [-0.4, -0.2) is 42.9 Å². The summed E-state index contributed by atoms with van der Waals surface area (Å²) in [6.45, 7) is 4.22. The summed E-state index contributed by atoms with van der Waals surface area (Å²) in [6, 6.07) is -0.572. The van der Waals surface area contributed by atoms with E-state index in [2.05, 4.69) is 5.32 Å². The predicted molar refractivity (Wildman–Crippen MR) is 58.4 cm³/mol. The Labute approximate surface area is 91.0 Å². The van der Waals surface area contributed by atoms with E-state index < -0.39 is 11.6 Å². The summed E-state index contributed by atoms with van der Waals surface area (Å²) in [5, 5.41) is 12.3. The van der Waals surface area contributed by atoms with Gasteiger partial charge in [0.25, 0.3) is 0 Å². The first kappa shape index (κ1) is 14.3. The number of hydrogen-bond acceptors (Lipinski definition) is 4. The fraction of sp³-hybridized carbons (Fsp3) is 0.900. The molecule has 0 aliphatic rings. The van der Waals surface area contributed by atoms with Gasteiger partial charge in [-0.1, -0.05) is 6.92 Å². The fourth-order valence-electron chi connectivity index (χ4n) is 0.910. The number of carbonyl (C=O) groups excluding carboxylic acids is 1. The molecular formula is C10H22N2O3. The first-order chi connectivity index (χ1) is 6.93. The van der Waals surface area contributed by atoms with E-state index in [1.807, 2.05) is 6.92 Å². The number of aliphatic hydroxyl groups is 1. The number of rotatable bonds is 7. The molecule has 5 nitrogen and oxygen atoms in total. The molecule has 0 rings (SSSR count). The molecule has 2 unspecified atom stereocenters. The SMILES string of the molecule is CCC(C)(O)CNC(=O)C(N)CCOC. The van der Waals surface area contributed by atoms with E-state index in [0.717, 1.165) is 0 Å². The van der Waals surface area contributed by atoms with Gasteiger partial charge in [-0.25, -0.2) is 0 Å². The zero-order valence-electron chi connectivity index (χ0n) is 9.75. The van der Waals surface area contributed by atoms with Gasteiger partial charge in [-0.05, 0) is 19.8 Å². The van der Waals surface area contributed by atoms with Crippen LogP contribution in [0, 0.1) is 0 Å². The van der Waals surface area contributed by atoms with Gasteiger partial charge in [0.15, 0.2) is 0 Å². The summed E-state index contributed by atoms with van der Waals surface area (Å²) >= 11 is 0. The number of hydrogen-bond donors (Lipinski definition) is 3. The zero-order valence-corrected chi connectivity index (χ0v) is 9.75. The molecule has 15 heavy (non-hydrogen) atoms. The van der Waals surface area contributed by atoms with Gasteiger partial charge in [-0.3, -0.25) is 4.79 Å². The van der Waals surface area contributed by atoms with Crippen molar-refractivity contribution in [2.75, 3.05) is 20.3 Å². The molecule has 1 amide bonds. The van der Waals surface area contributed by atoms with Crippen LogP contribution >= 0.6 is 0 Å². The third kappa shape index (κ3) is 6.43. The highest BCUT2D eigenvalue weighted by atomic mass is 16.5. The summed E-state index contributed by atoms with van der Waals surface area (Å²) in [5.41, 5.74) is 4.74. The Morgan fingerprint density at radius 2 is 2.27 bits per heavy atom. The molecular weight excluding hydrogens is 196 g/mol. The van der Waals surface area contributed by atoms with Crippen LogP contribution in [-0.2, 0) is 9.53 Å². The summed E-state index contributed by atoms with van der Waals surface area (Å²) in [4.78, 5) is 11.4. The summed E-state index contributed by atoms with van der Waals surface area (Å²) in [6.07, 6.45) is 1.07. The van der Waals surface area contributed by atoms with Crippen LogP contribution < -0.4 is 11.1 Å². The minimum atomic E-state index is -0.864. The Kier molecular flexibility index (Phi) is 6.47. The molecule has 0 radical (unpaired) electrons. The highest BCUT2D eigenvalue weighted by molar-refractivity contribution is 5.81. The molecule has 0 bridgehead atoms. The standard InChI is InChI=1S/C10H22N2O3/c1-4-10(2,14)7-12-9(13)8(11)5-6-15-3/h8,14H,4-7,11H2,1-3H3,(H,12,13). The maximum absolute atomic E-state index is 11.4.